The van der Waals surface area contributed by atoms with Crippen molar-refractivity contribution < 1.29 is 0 Å². The van der Waals surface area contributed by atoms with Crippen LogP contribution in [0.25, 0.3) is 0 Å². The van der Waals surface area contributed by atoms with Gasteiger partial charge in [0, 0.05) is 25.7 Å². The molecule has 1 aliphatic rings. The maximum absolute atomic E-state index is 5.78. The zero-order valence-corrected chi connectivity index (χ0v) is 10.00. The monoisotopic (exact) mass is 212 g/mol. The molecule has 88 valence electrons. The number of nitrogens with zero attached hydrogens (tertiary/aromatic N) is 2. The van der Waals surface area contributed by atoms with Crippen LogP contribution < -0.4 is 11.1 Å². The Balaban J connectivity index is 2.23. The first-order valence-corrected chi connectivity index (χ1v) is 6.05. The smallest absolute Gasteiger partial charge is 0.188 e. The van der Waals surface area contributed by atoms with Crippen molar-refractivity contribution in [3.8, 4) is 0 Å². The molecule has 0 aromatic heterocycles. The van der Waals surface area contributed by atoms with Gasteiger partial charge in [-0.05, 0) is 25.8 Å². The van der Waals surface area contributed by atoms with Crippen molar-refractivity contribution in [3.63, 3.8) is 0 Å². The van der Waals surface area contributed by atoms with Gasteiger partial charge < -0.3 is 16.0 Å². The van der Waals surface area contributed by atoms with E-state index in [9.17, 15) is 0 Å². The molecule has 0 bridgehead atoms. The molecule has 0 saturated carbocycles. The molecule has 4 heteroatoms. The third kappa shape index (κ3) is 4.51. The lowest BCUT2D eigenvalue weighted by Crippen LogP contribution is -2.47. The quantitative estimate of drug-likeness (QED) is 0.535. The maximum atomic E-state index is 5.78. The lowest BCUT2D eigenvalue weighted by molar-refractivity contribution is 0.215. The molecule has 15 heavy (non-hydrogen) atoms. The minimum atomic E-state index is 0.522. The van der Waals surface area contributed by atoms with Crippen molar-refractivity contribution in [1.29, 1.82) is 0 Å². The number of piperidine rings is 1. The fourth-order valence-electron chi connectivity index (χ4n) is 1.88. The van der Waals surface area contributed by atoms with Crippen molar-refractivity contribution in [2.75, 3.05) is 26.2 Å². The summed E-state index contributed by atoms with van der Waals surface area (Å²) in [6.07, 6.45) is 3.41. The molecule has 1 rings (SSSR count). The summed E-state index contributed by atoms with van der Waals surface area (Å²) in [7, 11) is 0. The van der Waals surface area contributed by atoms with E-state index < -0.39 is 0 Å². The summed E-state index contributed by atoms with van der Waals surface area (Å²) in [4.78, 5) is 6.72. The standard InChI is InChI=1S/C11H24N4/c1-3-7-13-11(12)14-10-5-8-15(4-2)9-6-10/h10H,3-9H2,1-2H3,(H3,12,13,14). The van der Waals surface area contributed by atoms with Gasteiger partial charge in [0.15, 0.2) is 5.96 Å². The first kappa shape index (κ1) is 12.3. The Hall–Kier alpha value is -0.770. The number of likely N-dealkylation sites (tertiary alicyclic amines) is 1. The van der Waals surface area contributed by atoms with Crippen molar-refractivity contribution in [2.45, 2.75) is 39.2 Å². The first-order chi connectivity index (χ1) is 7.26. The lowest BCUT2D eigenvalue weighted by atomic mass is 10.1. The third-order valence-electron chi connectivity index (χ3n) is 2.89. The van der Waals surface area contributed by atoms with E-state index in [2.05, 4.69) is 29.1 Å². The van der Waals surface area contributed by atoms with Crippen LogP contribution in [0.2, 0.25) is 0 Å². The van der Waals surface area contributed by atoms with Gasteiger partial charge in [-0.1, -0.05) is 13.8 Å². The van der Waals surface area contributed by atoms with Gasteiger partial charge in [0.25, 0.3) is 0 Å². The predicted molar refractivity (Wildman–Crippen MR) is 65.1 cm³/mol. The molecule has 1 saturated heterocycles. The summed E-state index contributed by atoms with van der Waals surface area (Å²) in [5.41, 5.74) is 5.78. The van der Waals surface area contributed by atoms with Crippen LogP contribution in [0.15, 0.2) is 4.99 Å². The first-order valence-electron chi connectivity index (χ1n) is 6.05. The van der Waals surface area contributed by atoms with Crippen LogP contribution >= 0.6 is 0 Å². The van der Waals surface area contributed by atoms with Crippen LogP contribution in [0.3, 0.4) is 0 Å². The van der Waals surface area contributed by atoms with Crippen molar-refractivity contribution in [1.82, 2.24) is 10.2 Å². The van der Waals surface area contributed by atoms with Crippen molar-refractivity contribution in [2.24, 2.45) is 10.7 Å². The maximum Gasteiger partial charge on any atom is 0.188 e. The predicted octanol–water partition coefficient (Wildman–Crippen LogP) is 0.785. The molecule has 0 aromatic rings. The van der Waals surface area contributed by atoms with E-state index in [4.69, 9.17) is 5.73 Å². The van der Waals surface area contributed by atoms with E-state index in [0.29, 0.717) is 12.0 Å². The normalized spacial score (nSPS) is 20.5. The highest BCUT2D eigenvalue weighted by Gasteiger charge is 2.17. The number of aliphatic imine (C=N–C) groups is 1. The Morgan fingerprint density at radius 1 is 1.40 bits per heavy atom. The Kier molecular flexibility index (Phi) is 5.47. The van der Waals surface area contributed by atoms with Crippen molar-refractivity contribution in [3.05, 3.63) is 0 Å². The molecule has 1 fully saturated rings. The minimum absolute atomic E-state index is 0.522. The average molecular weight is 212 g/mol. The number of nitrogens with one attached hydrogen (secondary N) is 1. The second-order valence-electron chi connectivity index (χ2n) is 4.12. The Bertz CT molecular complexity index is 195. The van der Waals surface area contributed by atoms with E-state index in [0.717, 1.165) is 19.5 Å². The molecule has 0 amide bonds. The SMILES string of the molecule is CCCN=C(N)NC1CCN(CC)CC1. The third-order valence-corrected chi connectivity index (χ3v) is 2.89. The summed E-state index contributed by atoms with van der Waals surface area (Å²) in [5.74, 6) is 0.617. The summed E-state index contributed by atoms with van der Waals surface area (Å²) < 4.78 is 0. The summed E-state index contributed by atoms with van der Waals surface area (Å²) in [6, 6.07) is 0.522. The fraction of sp³-hybridized carbons (Fsp3) is 0.909. The molecule has 0 aromatic carbocycles. The summed E-state index contributed by atoms with van der Waals surface area (Å²) in [6.45, 7) is 8.66. The van der Waals surface area contributed by atoms with E-state index in [1.807, 2.05) is 0 Å². The van der Waals surface area contributed by atoms with Crippen LogP contribution in [-0.4, -0.2) is 43.1 Å². The van der Waals surface area contributed by atoms with E-state index in [1.54, 1.807) is 0 Å². The number of hydrogen-bond acceptors (Lipinski definition) is 2. The van der Waals surface area contributed by atoms with E-state index in [1.165, 1.54) is 25.9 Å². The second-order valence-corrected chi connectivity index (χ2v) is 4.12. The largest absolute Gasteiger partial charge is 0.370 e. The number of rotatable bonds is 4. The highest BCUT2D eigenvalue weighted by atomic mass is 15.2. The highest BCUT2D eigenvalue weighted by Crippen LogP contribution is 2.09. The van der Waals surface area contributed by atoms with E-state index in [-0.39, 0.29) is 0 Å². The molecular formula is C11H24N4. The zero-order valence-electron chi connectivity index (χ0n) is 10.00. The number of hydrogen-bond donors (Lipinski definition) is 2. The minimum Gasteiger partial charge on any atom is -0.370 e. The van der Waals surface area contributed by atoms with Crippen LogP contribution in [-0.2, 0) is 0 Å². The van der Waals surface area contributed by atoms with Gasteiger partial charge in [0.05, 0.1) is 0 Å². The van der Waals surface area contributed by atoms with Crippen LogP contribution in [0, 0.1) is 0 Å². The fourth-order valence-corrected chi connectivity index (χ4v) is 1.88. The van der Waals surface area contributed by atoms with Crippen LogP contribution in [0.1, 0.15) is 33.1 Å². The van der Waals surface area contributed by atoms with E-state index >= 15 is 0 Å². The number of nitrogens with two attached hydrogens (primary N) is 1. The molecule has 4 nitrogen and oxygen atoms in total. The zero-order chi connectivity index (χ0) is 11.1. The van der Waals surface area contributed by atoms with Gasteiger partial charge >= 0.3 is 0 Å². The van der Waals surface area contributed by atoms with Gasteiger partial charge in [-0.15, -0.1) is 0 Å². The summed E-state index contributed by atoms with van der Waals surface area (Å²) >= 11 is 0. The molecule has 0 radical (unpaired) electrons. The molecule has 0 aliphatic carbocycles. The van der Waals surface area contributed by atoms with Gasteiger partial charge in [0.2, 0.25) is 0 Å². The topological polar surface area (TPSA) is 53.6 Å². The van der Waals surface area contributed by atoms with Crippen LogP contribution in [0.4, 0.5) is 0 Å². The Morgan fingerprint density at radius 3 is 2.60 bits per heavy atom. The van der Waals surface area contributed by atoms with Gasteiger partial charge in [-0.25, -0.2) is 0 Å². The second kappa shape index (κ2) is 6.67. The number of guanidine groups is 1. The van der Waals surface area contributed by atoms with Crippen molar-refractivity contribution >= 4 is 5.96 Å². The van der Waals surface area contributed by atoms with Gasteiger partial charge in [0.1, 0.15) is 0 Å². The molecular weight excluding hydrogens is 188 g/mol. The summed E-state index contributed by atoms with van der Waals surface area (Å²) in [5, 5.41) is 3.30. The molecule has 0 atom stereocenters. The van der Waals surface area contributed by atoms with Gasteiger partial charge in [-0.2, -0.15) is 0 Å². The molecule has 1 heterocycles. The van der Waals surface area contributed by atoms with Crippen LogP contribution in [0.5, 0.6) is 0 Å². The molecule has 1 aliphatic heterocycles. The Labute approximate surface area is 92.9 Å². The average Bonchev–Trinajstić information content (AvgIpc) is 2.27. The Morgan fingerprint density at radius 2 is 2.07 bits per heavy atom. The molecule has 3 N–H and O–H groups in total. The highest BCUT2D eigenvalue weighted by molar-refractivity contribution is 5.78. The lowest BCUT2D eigenvalue weighted by Gasteiger charge is -2.31. The molecule has 0 unspecified atom stereocenters. The van der Waals surface area contributed by atoms with Gasteiger partial charge in [-0.3, -0.25) is 4.99 Å². The molecule has 0 spiro atoms.